The molecule has 2 heterocycles. The monoisotopic (exact) mass is 212 g/mol. The first kappa shape index (κ1) is 10.9. The van der Waals surface area contributed by atoms with Crippen LogP contribution in [0.2, 0.25) is 0 Å². The fraction of sp³-hybridized carbons (Fsp3) is 0.909. The molecule has 0 aromatic carbocycles. The number of amides is 1. The van der Waals surface area contributed by atoms with Gasteiger partial charge in [0.15, 0.2) is 0 Å². The third-order valence-corrected chi connectivity index (χ3v) is 3.49. The molecular formula is C11H20N2O2. The maximum Gasteiger partial charge on any atom is 0.228 e. The molecule has 4 nitrogen and oxygen atoms in total. The number of rotatable bonds is 2. The van der Waals surface area contributed by atoms with E-state index in [4.69, 9.17) is 4.74 Å². The molecule has 0 aliphatic carbocycles. The van der Waals surface area contributed by atoms with Crippen LogP contribution in [0, 0.1) is 5.92 Å². The van der Waals surface area contributed by atoms with Crippen LogP contribution in [-0.4, -0.2) is 50.2 Å². The molecule has 1 atom stereocenters. The highest BCUT2D eigenvalue weighted by molar-refractivity contribution is 5.79. The van der Waals surface area contributed by atoms with Crippen LogP contribution in [0.4, 0.5) is 0 Å². The lowest BCUT2D eigenvalue weighted by molar-refractivity contribution is -0.136. The van der Waals surface area contributed by atoms with Gasteiger partial charge in [-0.2, -0.15) is 0 Å². The highest BCUT2D eigenvalue weighted by atomic mass is 16.5. The zero-order valence-electron chi connectivity index (χ0n) is 9.37. The summed E-state index contributed by atoms with van der Waals surface area (Å²) in [7, 11) is 1.99. The van der Waals surface area contributed by atoms with Gasteiger partial charge in [-0.3, -0.25) is 4.79 Å². The van der Waals surface area contributed by atoms with Crippen LogP contribution < -0.4 is 5.32 Å². The summed E-state index contributed by atoms with van der Waals surface area (Å²) in [5, 5.41) is 3.27. The standard InChI is InChI=1S/C11H20N2O2/c1-12-10-2-5-13(6-3-10)11(14)9-4-7-15-8-9/h9-10,12H,2-8H2,1H3. The first-order valence-electron chi connectivity index (χ1n) is 5.85. The average molecular weight is 212 g/mol. The maximum absolute atomic E-state index is 12.0. The van der Waals surface area contributed by atoms with Crippen molar-refractivity contribution in [2.45, 2.75) is 25.3 Å². The normalized spacial score (nSPS) is 28.3. The summed E-state index contributed by atoms with van der Waals surface area (Å²) in [6.07, 6.45) is 3.07. The molecular weight excluding hydrogens is 192 g/mol. The molecule has 0 aromatic heterocycles. The van der Waals surface area contributed by atoms with Crippen molar-refractivity contribution in [3.8, 4) is 0 Å². The Morgan fingerprint density at radius 1 is 1.33 bits per heavy atom. The Bertz CT molecular complexity index is 219. The molecule has 2 saturated heterocycles. The summed E-state index contributed by atoms with van der Waals surface area (Å²) in [5.74, 6) is 0.443. The zero-order chi connectivity index (χ0) is 10.7. The topological polar surface area (TPSA) is 41.6 Å². The van der Waals surface area contributed by atoms with Gasteiger partial charge >= 0.3 is 0 Å². The van der Waals surface area contributed by atoms with Gasteiger partial charge < -0.3 is 15.0 Å². The summed E-state index contributed by atoms with van der Waals surface area (Å²) >= 11 is 0. The van der Waals surface area contributed by atoms with Gasteiger partial charge in [0.2, 0.25) is 5.91 Å². The van der Waals surface area contributed by atoms with Crippen molar-refractivity contribution in [2.24, 2.45) is 5.92 Å². The Kier molecular flexibility index (Phi) is 3.59. The van der Waals surface area contributed by atoms with Crippen molar-refractivity contribution in [3.05, 3.63) is 0 Å². The van der Waals surface area contributed by atoms with Crippen LogP contribution in [-0.2, 0) is 9.53 Å². The Morgan fingerprint density at radius 3 is 2.60 bits per heavy atom. The van der Waals surface area contributed by atoms with Crippen molar-refractivity contribution < 1.29 is 9.53 Å². The molecule has 0 aromatic rings. The summed E-state index contributed by atoms with van der Waals surface area (Å²) < 4.78 is 5.25. The molecule has 0 radical (unpaired) electrons. The number of nitrogens with one attached hydrogen (secondary N) is 1. The molecule has 86 valence electrons. The van der Waals surface area contributed by atoms with Gasteiger partial charge in [-0.1, -0.05) is 0 Å². The molecule has 1 amide bonds. The number of likely N-dealkylation sites (tertiary alicyclic amines) is 1. The van der Waals surface area contributed by atoms with Gasteiger partial charge in [-0.15, -0.1) is 0 Å². The second-order valence-electron chi connectivity index (χ2n) is 4.45. The van der Waals surface area contributed by atoms with Gasteiger partial charge in [0.1, 0.15) is 0 Å². The Labute approximate surface area is 91.0 Å². The van der Waals surface area contributed by atoms with Gasteiger partial charge in [0.25, 0.3) is 0 Å². The first-order chi connectivity index (χ1) is 7.31. The second-order valence-corrected chi connectivity index (χ2v) is 4.45. The molecule has 2 rings (SSSR count). The summed E-state index contributed by atoms with van der Waals surface area (Å²) in [6.45, 7) is 3.19. The lowest BCUT2D eigenvalue weighted by Gasteiger charge is -2.33. The van der Waals surface area contributed by atoms with Crippen LogP contribution in [0.3, 0.4) is 0 Å². The quantitative estimate of drug-likeness (QED) is 0.712. The Balaban J connectivity index is 1.81. The number of nitrogens with zero attached hydrogens (tertiary/aromatic N) is 1. The van der Waals surface area contributed by atoms with E-state index < -0.39 is 0 Å². The average Bonchev–Trinajstić information content (AvgIpc) is 2.82. The molecule has 0 saturated carbocycles. The Hall–Kier alpha value is -0.610. The van der Waals surface area contributed by atoms with Crippen LogP contribution in [0.1, 0.15) is 19.3 Å². The van der Waals surface area contributed by atoms with Crippen LogP contribution >= 0.6 is 0 Å². The van der Waals surface area contributed by atoms with E-state index in [0.717, 1.165) is 39.0 Å². The van der Waals surface area contributed by atoms with E-state index >= 15 is 0 Å². The number of ether oxygens (including phenoxy) is 1. The number of carbonyl (C=O) groups is 1. The molecule has 2 aliphatic rings. The molecule has 4 heteroatoms. The third-order valence-electron chi connectivity index (χ3n) is 3.49. The fourth-order valence-electron chi connectivity index (χ4n) is 2.38. The molecule has 0 spiro atoms. The minimum absolute atomic E-state index is 0.135. The second kappa shape index (κ2) is 4.94. The molecule has 1 N–H and O–H groups in total. The molecule has 15 heavy (non-hydrogen) atoms. The minimum Gasteiger partial charge on any atom is -0.381 e. The molecule has 1 unspecified atom stereocenters. The van der Waals surface area contributed by atoms with E-state index in [0.29, 0.717) is 18.6 Å². The lowest BCUT2D eigenvalue weighted by atomic mass is 10.0. The number of hydrogen-bond donors (Lipinski definition) is 1. The molecule has 0 bridgehead atoms. The number of carbonyl (C=O) groups excluding carboxylic acids is 1. The predicted octanol–water partition coefficient (Wildman–Crippen LogP) is 0.233. The summed E-state index contributed by atoms with van der Waals surface area (Å²) in [4.78, 5) is 14.0. The minimum atomic E-state index is 0.135. The van der Waals surface area contributed by atoms with Gasteiger partial charge in [0, 0.05) is 25.7 Å². The van der Waals surface area contributed by atoms with Crippen molar-refractivity contribution in [1.82, 2.24) is 10.2 Å². The summed E-state index contributed by atoms with van der Waals surface area (Å²) in [5.41, 5.74) is 0. The fourth-order valence-corrected chi connectivity index (χ4v) is 2.38. The number of hydrogen-bond acceptors (Lipinski definition) is 3. The smallest absolute Gasteiger partial charge is 0.228 e. The van der Waals surface area contributed by atoms with Crippen LogP contribution in [0.25, 0.3) is 0 Å². The molecule has 2 aliphatic heterocycles. The van der Waals surface area contributed by atoms with Crippen LogP contribution in [0.5, 0.6) is 0 Å². The van der Waals surface area contributed by atoms with E-state index in [9.17, 15) is 4.79 Å². The molecule has 2 fully saturated rings. The zero-order valence-corrected chi connectivity index (χ0v) is 9.37. The highest BCUT2D eigenvalue weighted by Crippen LogP contribution is 2.18. The third kappa shape index (κ3) is 2.49. The van der Waals surface area contributed by atoms with Gasteiger partial charge in [0.05, 0.1) is 12.5 Å². The predicted molar refractivity (Wildman–Crippen MR) is 57.6 cm³/mol. The maximum atomic E-state index is 12.0. The largest absolute Gasteiger partial charge is 0.381 e. The van der Waals surface area contributed by atoms with Crippen molar-refractivity contribution in [3.63, 3.8) is 0 Å². The van der Waals surface area contributed by atoms with E-state index in [1.54, 1.807) is 0 Å². The van der Waals surface area contributed by atoms with Gasteiger partial charge in [-0.05, 0) is 26.3 Å². The van der Waals surface area contributed by atoms with Crippen LogP contribution in [0.15, 0.2) is 0 Å². The van der Waals surface area contributed by atoms with Gasteiger partial charge in [-0.25, -0.2) is 0 Å². The summed E-state index contributed by atoms with van der Waals surface area (Å²) in [6, 6.07) is 0.592. The highest BCUT2D eigenvalue weighted by Gasteiger charge is 2.30. The van der Waals surface area contributed by atoms with Crippen molar-refractivity contribution in [2.75, 3.05) is 33.4 Å². The van der Waals surface area contributed by atoms with E-state index in [1.807, 2.05) is 11.9 Å². The number of piperidine rings is 1. The first-order valence-corrected chi connectivity index (χ1v) is 5.85. The SMILES string of the molecule is CNC1CCN(C(=O)C2CCOC2)CC1. The van der Waals surface area contributed by atoms with E-state index in [-0.39, 0.29) is 5.92 Å². The van der Waals surface area contributed by atoms with Crippen molar-refractivity contribution in [1.29, 1.82) is 0 Å². The van der Waals surface area contributed by atoms with Crippen molar-refractivity contribution >= 4 is 5.91 Å². The Morgan fingerprint density at radius 2 is 2.07 bits per heavy atom. The lowest BCUT2D eigenvalue weighted by Crippen LogP contribution is -2.46. The van der Waals surface area contributed by atoms with E-state index in [1.165, 1.54) is 0 Å². The van der Waals surface area contributed by atoms with E-state index in [2.05, 4.69) is 5.32 Å².